The zero-order valence-corrected chi connectivity index (χ0v) is 18.3. The molecule has 4 rings (SSSR count). The minimum atomic E-state index is -3.63. The lowest BCUT2D eigenvalue weighted by atomic mass is 9.99. The zero-order chi connectivity index (χ0) is 21.1. The van der Waals surface area contributed by atoms with Gasteiger partial charge in [0, 0.05) is 24.2 Å². The molecule has 0 amide bonds. The Balaban J connectivity index is 1.51. The highest BCUT2D eigenvalue weighted by Gasteiger charge is 2.17. The highest BCUT2D eigenvalue weighted by Crippen LogP contribution is 2.26. The minimum Gasteiger partial charge on any atom is -0.311 e. The molecule has 6 nitrogen and oxygen atoms in total. The van der Waals surface area contributed by atoms with Gasteiger partial charge in [0.15, 0.2) is 5.82 Å². The van der Waals surface area contributed by atoms with E-state index in [9.17, 15) is 8.42 Å². The number of anilines is 1. The molecule has 2 aromatic carbocycles. The van der Waals surface area contributed by atoms with Crippen LogP contribution in [-0.4, -0.2) is 23.2 Å². The molecule has 2 heterocycles. The molecular formula is C23H28N4O2S. The number of benzene rings is 2. The van der Waals surface area contributed by atoms with Crippen molar-refractivity contribution >= 4 is 15.7 Å². The molecule has 0 radical (unpaired) electrons. The summed E-state index contributed by atoms with van der Waals surface area (Å²) in [6.07, 6.45) is 5.47. The number of fused-ring (bicyclic) bond motifs is 1. The van der Waals surface area contributed by atoms with Crippen LogP contribution in [-0.2, 0) is 23.0 Å². The van der Waals surface area contributed by atoms with Crippen molar-refractivity contribution in [1.29, 1.82) is 0 Å². The summed E-state index contributed by atoms with van der Waals surface area (Å²) in [5.74, 6) is 2.30. The third-order valence-corrected chi connectivity index (χ3v) is 7.27. The molecule has 0 saturated carbocycles. The van der Waals surface area contributed by atoms with E-state index in [-0.39, 0.29) is 4.90 Å². The number of rotatable bonds is 6. The molecule has 0 unspecified atom stereocenters. The number of hydrogen-bond donors (Lipinski definition) is 1. The molecule has 1 aromatic heterocycles. The topological polar surface area (TPSA) is 76.9 Å². The second kappa shape index (κ2) is 8.60. The molecular weight excluding hydrogens is 396 g/mol. The lowest BCUT2D eigenvalue weighted by molar-refractivity contribution is 0.601. The molecule has 7 heteroatoms. The molecule has 0 bridgehead atoms. The summed E-state index contributed by atoms with van der Waals surface area (Å²) in [6.45, 7) is 5.19. The smallest absolute Gasteiger partial charge is 0.261 e. The monoisotopic (exact) mass is 424 g/mol. The van der Waals surface area contributed by atoms with E-state index in [1.54, 1.807) is 24.3 Å². The predicted molar refractivity (Wildman–Crippen MR) is 119 cm³/mol. The summed E-state index contributed by atoms with van der Waals surface area (Å²) in [6, 6.07) is 14.5. The zero-order valence-electron chi connectivity index (χ0n) is 17.5. The van der Waals surface area contributed by atoms with Crippen molar-refractivity contribution < 1.29 is 8.42 Å². The molecule has 1 N–H and O–H groups in total. The van der Waals surface area contributed by atoms with Crippen molar-refractivity contribution in [3.8, 4) is 11.4 Å². The molecule has 0 aliphatic carbocycles. The summed E-state index contributed by atoms with van der Waals surface area (Å²) in [4.78, 5) is 0.265. The van der Waals surface area contributed by atoms with E-state index in [1.165, 1.54) is 6.42 Å². The molecule has 30 heavy (non-hydrogen) atoms. The maximum atomic E-state index is 12.8. The minimum absolute atomic E-state index is 0.265. The summed E-state index contributed by atoms with van der Waals surface area (Å²) < 4.78 is 30.4. The van der Waals surface area contributed by atoms with Crippen molar-refractivity contribution in [2.75, 3.05) is 4.72 Å². The van der Waals surface area contributed by atoms with Gasteiger partial charge in [-0.15, -0.1) is 10.2 Å². The third kappa shape index (κ3) is 4.26. The van der Waals surface area contributed by atoms with Crippen LogP contribution in [0.5, 0.6) is 0 Å². The van der Waals surface area contributed by atoms with Crippen LogP contribution in [0.15, 0.2) is 53.4 Å². The van der Waals surface area contributed by atoms with E-state index in [4.69, 9.17) is 0 Å². The quantitative estimate of drug-likeness (QED) is 0.605. The second-order valence-electron chi connectivity index (χ2n) is 7.96. The molecule has 1 aliphatic heterocycles. The fourth-order valence-electron chi connectivity index (χ4n) is 3.81. The number of nitrogens with one attached hydrogen (secondary N) is 1. The molecule has 0 saturated heterocycles. The number of hydrogen-bond acceptors (Lipinski definition) is 4. The maximum absolute atomic E-state index is 12.8. The molecule has 0 spiro atoms. The van der Waals surface area contributed by atoms with Crippen LogP contribution in [0.3, 0.4) is 0 Å². The van der Waals surface area contributed by atoms with E-state index in [1.807, 2.05) is 24.3 Å². The fourth-order valence-corrected chi connectivity index (χ4v) is 4.87. The first-order valence-corrected chi connectivity index (χ1v) is 12.1. The Kier molecular flexibility index (Phi) is 5.90. The van der Waals surface area contributed by atoms with E-state index in [0.29, 0.717) is 11.6 Å². The number of sulfonamides is 1. The van der Waals surface area contributed by atoms with Crippen LogP contribution in [0.2, 0.25) is 0 Å². The van der Waals surface area contributed by atoms with Gasteiger partial charge >= 0.3 is 0 Å². The van der Waals surface area contributed by atoms with E-state index in [2.05, 4.69) is 33.3 Å². The van der Waals surface area contributed by atoms with E-state index < -0.39 is 10.0 Å². The van der Waals surface area contributed by atoms with Gasteiger partial charge in [0.25, 0.3) is 10.0 Å². The van der Waals surface area contributed by atoms with Crippen LogP contribution in [0.4, 0.5) is 5.69 Å². The van der Waals surface area contributed by atoms with Gasteiger partial charge in [-0.1, -0.05) is 32.4 Å². The summed E-state index contributed by atoms with van der Waals surface area (Å²) in [5, 5.41) is 8.71. The van der Waals surface area contributed by atoms with Gasteiger partial charge in [0.05, 0.1) is 4.90 Å². The van der Waals surface area contributed by atoms with Gasteiger partial charge in [-0.25, -0.2) is 8.42 Å². The normalized spacial score (nSPS) is 15.3. The van der Waals surface area contributed by atoms with E-state index >= 15 is 0 Å². The average molecular weight is 425 g/mol. The standard InChI is InChI=1S/C23H28N4O2S/c1-3-17(2)18-10-14-21(15-11-18)30(28,29)26-20-12-8-19(9-13-20)23-25-24-22-7-5-4-6-16-27(22)23/h8-15,17,26H,3-7,16H2,1-2H3/t17-/m1/s1. The molecule has 158 valence electrons. The first-order valence-electron chi connectivity index (χ1n) is 10.6. The summed E-state index contributed by atoms with van der Waals surface area (Å²) >= 11 is 0. The Morgan fingerprint density at radius 2 is 1.73 bits per heavy atom. The molecule has 1 aliphatic rings. The largest absolute Gasteiger partial charge is 0.311 e. The fraction of sp³-hybridized carbons (Fsp3) is 0.391. The highest BCUT2D eigenvalue weighted by molar-refractivity contribution is 7.92. The van der Waals surface area contributed by atoms with Crippen molar-refractivity contribution in [1.82, 2.24) is 14.8 Å². The molecule has 1 atom stereocenters. The first-order chi connectivity index (χ1) is 14.5. The van der Waals surface area contributed by atoms with Crippen molar-refractivity contribution in [3.05, 3.63) is 59.9 Å². The first kappa shape index (κ1) is 20.6. The predicted octanol–water partition coefficient (Wildman–Crippen LogP) is 4.99. The van der Waals surface area contributed by atoms with Gasteiger partial charge in [-0.05, 0) is 67.1 Å². The highest BCUT2D eigenvalue weighted by atomic mass is 32.2. The molecule has 0 fully saturated rings. The Labute approximate surface area is 178 Å². The Morgan fingerprint density at radius 3 is 2.43 bits per heavy atom. The Morgan fingerprint density at radius 1 is 1.00 bits per heavy atom. The van der Waals surface area contributed by atoms with Gasteiger partial charge in [0.1, 0.15) is 5.82 Å². The van der Waals surface area contributed by atoms with Crippen molar-refractivity contribution in [2.45, 2.75) is 63.3 Å². The van der Waals surface area contributed by atoms with Crippen molar-refractivity contribution in [2.24, 2.45) is 0 Å². The maximum Gasteiger partial charge on any atom is 0.261 e. The Bertz CT molecular complexity index is 1100. The third-order valence-electron chi connectivity index (χ3n) is 5.88. The lowest BCUT2D eigenvalue weighted by Crippen LogP contribution is -2.13. The summed E-state index contributed by atoms with van der Waals surface area (Å²) in [7, 11) is -3.63. The van der Waals surface area contributed by atoms with Crippen LogP contribution >= 0.6 is 0 Å². The van der Waals surface area contributed by atoms with Gasteiger partial charge in [-0.2, -0.15) is 0 Å². The number of aromatic nitrogens is 3. The van der Waals surface area contributed by atoms with Crippen LogP contribution in [0.25, 0.3) is 11.4 Å². The SMILES string of the molecule is CC[C@@H](C)c1ccc(S(=O)(=O)Nc2ccc(-c3nnc4n3CCCCC4)cc2)cc1. The summed E-state index contributed by atoms with van der Waals surface area (Å²) in [5.41, 5.74) is 2.62. The van der Waals surface area contributed by atoms with Crippen LogP contribution in [0.1, 0.15) is 56.8 Å². The van der Waals surface area contributed by atoms with Gasteiger partial charge in [-0.3, -0.25) is 4.72 Å². The number of aryl methyl sites for hydroxylation is 1. The Hall–Kier alpha value is -2.67. The van der Waals surface area contributed by atoms with Gasteiger partial charge in [0.2, 0.25) is 0 Å². The number of nitrogens with zero attached hydrogens (tertiary/aromatic N) is 3. The van der Waals surface area contributed by atoms with Crippen LogP contribution < -0.4 is 4.72 Å². The van der Waals surface area contributed by atoms with Crippen LogP contribution in [0, 0.1) is 0 Å². The molecule has 3 aromatic rings. The lowest BCUT2D eigenvalue weighted by Gasteiger charge is -2.12. The van der Waals surface area contributed by atoms with Gasteiger partial charge < -0.3 is 4.57 Å². The average Bonchev–Trinajstić information content (AvgIpc) is 3.01. The van der Waals surface area contributed by atoms with Crippen molar-refractivity contribution in [3.63, 3.8) is 0 Å². The van der Waals surface area contributed by atoms with E-state index in [0.717, 1.165) is 55.0 Å². The second-order valence-corrected chi connectivity index (χ2v) is 9.65.